The van der Waals surface area contributed by atoms with Gasteiger partial charge < -0.3 is 9.47 Å². The molecule has 1 aliphatic carbocycles. The van der Waals surface area contributed by atoms with Gasteiger partial charge in [-0.25, -0.2) is 23.1 Å². The van der Waals surface area contributed by atoms with Gasteiger partial charge in [0.25, 0.3) is 6.43 Å². The molecule has 4 heterocycles. The summed E-state index contributed by atoms with van der Waals surface area (Å²) in [5, 5.41) is 0.380. The fraction of sp³-hybridized carbons (Fsp3) is 0.375. The van der Waals surface area contributed by atoms with Crippen LogP contribution < -0.4 is 0 Å². The Morgan fingerprint density at radius 1 is 1.15 bits per heavy atom. The van der Waals surface area contributed by atoms with Crippen LogP contribution in [0, 0.1) is 0 Å². The molecule has 34 heavy (non-hydrogen) atoms. The van der Waals surface area contributed by atoms with E-state index in [9.17, 15) is 18.4 Å². The van der Waals surface area contributed by atoms with Crippen molar-refractivity contribution in [2.24, 2.45) is 4.40 Å². The van der Waals surface area contributed by atoms with Crippen molar-refractivity contribution in [2.45, 2.75) is 51.1 Å². The largest absolute Gasteiger partial charge is 0.338 e. The van der Waals surface area contributed by atoms with Crippen LogP contribution in [0.5, 0.6) is 0 Å². The van der Waals surface area contributed by atoms with Crippen LogP contribution in [0.15, 0.2) is 28.7 Å². The topological polar surface area (TPSA) is 80.5 Å². The summed E-state index contributed by atoms with van der Waals surface area (Å²) in [4.78, 5) is 35.6. The normalized spacial score (nSPS) is 20.4. The second-order valence-electron chi connectivity index (χ2n) is 9.06. The van der Waals surface area contributed by atoms with Crippen LogP contribution in [0.2, 0.25) is 0 Å². The van der Waals surface area contributed by atoms with E-state index in [1.807, 2.05) is 23.6 Å². The smallest absolute Gasteiger partial charge is 0.266 e. The highest BCUT2D eigenvalue weighted by molar-refractivity contribution is 8.13. The average molecular weight is 482 g/mol. The first-order valence-electron chi connectivity index (χ1n) is 11.2. The minimum absolute atomic E-state index is 0.0138. The minimum atomic E-state index is -2.77. The predicted octanol–water partition coefficient (Wildman–Crippen LogP) is 4.81. The number of halogens is 2. The summed E-state index contributed by atoms with van der Waals surface area (Å²) in [6, 6.07) is 6.56. The highest BCUT2D eigenvalue weighted by atomic mass is 32.2. The molecule has 3 aliphatic rings. The fourth-order valence-electron chi connectivity index (χ4n) is 4.89. The third kappa shape index (κ3) is 3.26. The van der Waals surface area contributed by atoms with Gasteiger partial charge in [0.2, 0.25) is 11.0 Å². The first kappa shape index (κ1) is 21.4. The zero-order chi connectivity index (χ0) is 23.7. The lowest BCUT2D eigenvalue weighted by molar-refractivity contribution is -0.135. The molecule has 7 nitrogen and oxygen atoms in total. The molecule has 174 valence electrons. The van der Waals surface area contributed by atoms with Crippen LogP contribution >= 0.6 is 11.9 Å². The number of carbonyl (C=O) groups excluding carboxylic acids is 2. The Bertz CT molecular complexity index is 1410. The summed E-state index contributed by atoms with van der Waals surface area (Å²) in [7, 11) is 1.77. The summed E-state index contributed by atoms with van der Waals surface area (Å²) < 4.78 is 34.4. The SMILES string of the molecule is C[C@H]1C(=O)N(C)Cc2c(-c3cccc4nc(C5=NSC(=O)C5)c(C(F)F)cc34)nc(C3CC3)n21. The first-order valence-corrected chi connectivity index (χ1v) is 12.0. The van der Waals surface area contributed by atoms with Crippen molar-refractivity contribution >= 4 is 39.6 Å². The zero-order valence-corrected chi connectivity index (χ0v) is 19.4. The van der Waals surface area contributed by atoms with Crippen LogP contribution in [0.1, 0.15) is 67.3 Å². The molecule has 1 fully saturated rings. The van der Waals surface area contributed by atoms with Crippen LogP contribution in [0.3, 0.4) is 0 Å². The van der Waals surface area contributed by atoms with Gasteiger partial charge in [-0.2, -0.15) is 0 Å². The molecule has 1 saturated carbocycles. The first-order chi connectivity index (χ1) is 16.3. The Hall–Kier alpha value is -3.14. The lowest BCUT2D eigenvalue weighted by atomic mass is 9.99. The summed E-state index contributed by atoms with van der Waals surface area (Å²) in [5.74, 6) is 1.25. The molecule has 1 atom stereocenters. The third-order valence-electron chi connectivity index (χ3n) is 6.71. The van der Waals surface area contributed by atoms with Crippen molar-refractivity contribution in [3.8, 4) is 11.3 Å². The number of pyridine rings is 1. The lowest BCUT2D eigenvalue weighted by Gasteiger charge is -2.31. The summed E-state index contributed by atoms with van der Waals surface area (Å²) in [5.41, 5.74) is 2.97. The molecule has 3 aromatic rings. The lowest BCUT2D eigenvalue weighted by Crippen LogP contribution is -2.39. The number of fused-ring (bicyclic) bond motifs is 2. The van der Waals surface area contributed by atoms with Gasteiger partial charge in [-0.15, -0.1) is 0 Å². The number of nitrogens with zero attached hydrogens (tertiary/aromatic N) is 5. The average Bonchev–Trinajstić information content (AvgIpc) is 3.46. The molecule has 0 spiro atoms. The van der Waals surface area contributed by atoms with Crippen molar-refractivity contribution in [3.63, 3.8) is 0 Å². The van der Waals surface area contributed by atoms with Crippen molar-refractivity contribution in [1.82, 2.24) is 19.4 Å². The number of benzene rings is 1. The maximum Gasteiger partial charge on any atom is 0.266 e. The van der Waals surface area contributed by atoms with Crippen molar-refractivity contribution in [1.29, 1.82) is 0 Å². The Balaban J connectivity index is 1.57. The van der Waals surface area contributed by atoms with Crippen LogP contribution in [-0.2, 0) is 16.1 Å². The second-order valence-corrected chi connectivity index (χ2v) is 9.88. The maximum atomic E-state index is 14.1. The number of amides is 1. The van der Waals surface area contributed by atoms with Gasteiger partial charge in [0.05, 0.1) is 53.2 Å². The molecule has 1 amide bonds. The molecule has 0 radical (unpaired) electrons. The fourth-order valence-corrected chi connectivity index (χ4v) is 5.46. The van der Waals surface area contributed by atoms with E-state index in [4.69, 9.17) is 4.98 Å². The van der Waals surface area contributed by atoms with E-state index in [1.165, 1.54) is 6.07 Å². The summed E-state index contributed by atoms with van der Waals surface area (Å²) in [6.45, 7) is 2.28. The standard InChI is InChI=1S/C24H21F2N5O2S/c1-11-24(33)30(2)10-18-21(28-23(31(11)18)12-6-7-12)13-4-3-5-16-14(13)8-15(22(25)26)20(27-16)17-9-19(32)34-29-17/h3-5,8,11-12,22H,6-7,9-10H2,1-2H3/t11-/m0/s1. The van der Waals surface area contributed by atoms with Gasteiger partial charge in [0, 0.05) is 29.5 Å². The number of likely N-dealkylation sites (N-methyl/N-ethyl adjacent to an activating group) is 1. The number of rotatable bonds is 4. The number of alkyl halides is 2. The summed E-state index contributed by atoms with van der Waals surface area (Å²) in [6.07, 6.45) is -0.728. The van der Waals surface area contributed by atoms with Crippen LogP contribution in [0.25, 0.3) is 22.2 Å². The van der Waals surface area contributed by atoms with E-state index in [1.54, 1.807) is 18.0 Å². The van der Waals surface area contributed by atoms with Gasteiger partial charge in [0.15, 0.2) is 0 Å². The van der Waals surface area contributed by atoms with E-state index in [2.05, 4.69) is 9.38 Å². The number of hydrogen-bond acceptors (Lipinski definition) is 6. The van der Waals surface area contributed by atoms with E-state index in [0.717, 1.165) is 36.3 Å². The molecule has 0 bridgehead atoms. The van der Waals surface area contributed by atoms with Gasteiger partial charge >= 0.3 is 0 Å². The van der Waals surface area contributed by atoms with Crippen LogP contribution in [-0.4, -0.2) is 43.2 Å². The predicted molar refractivity (Wildman–Crippen MR) is 125 cm³/mol. The van der Waals surface area contributed by atoms with E-state index in [0.29, 0.717) is 34.6 Å². The number of aromatic nitrogens is 3. The minimum Gasteiger partial charge on any atom is -0.338 e. The Kier molecular flexibility index (Phi) is 4.84. The van der Waals surface area contributed by atoms with Gasteiger partial charge in [-0.1, -0.05) is 12.1 Å². The van der Waals surface area contributed by atoms with E-state index in [-0.39, 0.29) is 40.5 Å². The van der Waals surface area contributed by atoms with Crippen LogP contribution in [0.4, 0.5) is 8.78 Å². The van der Waals surface area contributed by atoms with Crippen molar-refractivity contribution in [3.05, 3.63) is 47.0 Å². The number of carbonyl (C=O) groups is 2. The van der Waals surface area contributed by atoms with E-state index < -0.39 is 6.43 Å². The van der Waals surface area contributed by atoms with Gasteiger partial charge in [-0.3, -0.25) is 9.59 Å². The molecule has 10 heteroatoms. The molecule has 6 rings (SSSR count). The molecular weight excluding hydrogens is 460 g/mol. The molecule has 2 aliphatic heterocycles. The van der Waals surface area contributed by atoms with E-state index >= 15 is 0 Å². The zero-order valence-electron chi connectivity index (χ0n) is 18.6. The van der Waals surface area contributed by atoms with Crippen molar-refractivity contribution in [2.75, 3.05) is 7.05 Å². The van der Waals surface area contributed by atoms with Gasteiger partial charge in [-0.05, 0) is 31.9 Å². The Morgan fingerprint density at radius 3 is 2.62 bits per heavy atom. The maximum absolute atomic E-state index is 14.1. The summed E-state index contributed by atoms with van der Waals surface area (Å²) >= 11 is 0.773. The number of hydrogen-bond donors (Lipinski definition) is 0. The highest BCUT2D eigenvalue weighted by Gasteiger charge is 2.38. The Morgan fingerprint density at radius 2 is 1.94 bits per heavy atom. The monoisotopic (exact) mass is 481 g/mol. The molecule has 1 aromatic carbocycles. The molecule has 0 saturated heterocycles. The second kappa shape index (κ2) is 7.69. The van der Waals surface area contributed by atoms with Crippen molar-refractivity contribution < 1.29 is 18.4 Å². The molecular formula is C24H21F2N5O2S. The Labute approximate surface area is 198 Å². The highest BCUT2D eigenvalue weighted by Crippen LogP contribution is 2.45. The molecule has 0 N–H and O–H groups in total. The quantitative estimate of drug-likeness (QED) is 0.500. The molecule has 0 unspecified atom stereocenters. The van der Waals surface area contributed by atoms with Gasteiger partial charge in [0.1, 0.15) is 11.9 Å². The third-order valence-corrected chi connectivity index (χ3v) is 7.37. The molecule has 2 aromatic heterocycles. The number of imidazole rings is 1.